The number of carbonyl (C=O) groups is 1. The van der Waals surface area contributed by atoms with Gasteiger partial charge in [-0.3, -0.25) is 4.79 Å². The van der Waals surface area contributed by atoms with Gasteiger partial charge in [0.2, 0.25) is 17.6 Å². The minimum Gasteiger partial charge on any atom is -0.494 e. The summed E-state index contributed by atoms with van der Waals surface area (Å²) in [6.45, 7) is 2.93. The Morgan fingerprint density at radius 1 is 1.18 bits per heavy atom. The summed E-state index contributed by atoms with van der Waals surface area (Å²) in [5, 5.41) is 6.82. The van der Waals surface area contributed by atoms with E-state index >= 15 is 0 Å². The third-order valence-corrected chi connectivity index (χ3v) is 4.20. The van der Waals surface area contributed by atoms with Crippen molar-refractivity contribution in [2.24, 2.45) is 5.73 Å². The van der Waals surface area contributed by atoms with Gasteiger partial charge in [-0.1, -0.05) is 35.5 Å². The number of benzene rings is 2. The number of hydrogen-bond donors (Lipinski definition) is 2. The molecule has 0 aliphatic heterocycles. The van der Waals surface area contributed by atoms with Gasteiger partial charge in [0.05, 0.1) is 6.61 Å². The van der Waals surface area contributed by atoms with Crippen LogP contribution in [-0.2, 0) is 11.2 Å². The molecule has 0 saturated carbocycles. The molecule has 1 unspecified atom stereocenters. The Morgan fingerprint density at radius 3 is 2.64 bits per heavy atom. The first-order chi connectivity index (χ1) is 13.7. The number of nitrogens with one attached hydrogen (secondary N) is 1. The molecule has 0 aliphatic carbocycles. The van der Waals surface area contributed by atoms with E-state index in [9.17, 15) is 4.79 Å². The molecule has 2 aromatic carbocycles. The topological polar surface area (TPSA) is 103 Å². The smallest absolute Gasteiger partial charge is 0.227 e. The van der Waals surface area contributed by atoms with Crippen molar-refractivity contribution in [3.8, 4) is 17.1 Å². The van der Waals surface area contributed by atoms with Crippen LogP contribution in [0.4, 0.5) is 0 Å². The highest BCUT2D eigenvalue weighted by molar-refractivity contribution is 5.76. The van der Waals surface area contributed by atoms with Crippen LogP contribution in [0.1, 0.15) is 30.8 Å². The average molecular weight is 380 g/mol. The van der Waals surface area contributed by atoms with E-state index in [1.54, 1.807) is 0 Å². The number of amides is 1. The van der Waals surface area contributed by atoms with Crippen molar-refractivity contribution < 1.29 is 14.1 Å². The first-order valence-corrected chi connectivity index (χ1v) is 9.28. The molecular weight excluding hydrogens is 356 g/mol. The molecule has 3 rings (SSSR count). The number of hydrogen-bond acceptors (Lipinski definition) is 6. The summed E-state index contributed by atoms with van der Waals surface area (Å²) in [7, 11) is 0. The fourth-order valence-corrected chi connectivity index (χ4v) is 2.69. The van der Waals surface area contributed by atoms with Crippen molar-refractivity contribution in [1.29, 1.82) is 0 Å². The lowest BCUT2D eigenvalue weighted by atomic mass is 10.1. The van der Waals surface area contributed by atoms with Gasteiger partial charge >= 0.3 is 0 Å². The summed E-state index contributed by atoms with van der Waals surface area (Å²) in [5.41, 5.74) is 7.90. The molecule has 1 atom stereocenters. The van der Waals surface area contributed by atoms with Crippen molar-refractivity contribution in [2.75, 3.05) is 13.2 Å². The minimum atomic E-state index is -0.236. The Hall–Kier alpha value is -3.19. The third kappa shape index (κ3) is 5.40. The zero-order valence-corrected chi connectivity index (χ0v) is 15.8. The van der Waals surface area contributed by atoms with Gasteiger partial charge in [0, 0.05) is 31.0 Å². The van der Waals surface area contributed by atoms with E-state index in [1.807, 2.05) is 61.5 Å². The van der Waals surface area contributed by atoms with Crippen molar-refractivity contribution in [3.05, 3.63) is 66.1 Å². The van der Waals surface area contributed by atoms with Crippen LogP contribution in [0.3, 0.4) is 0 Å². The largest absolute Gasteiger partial charge is 0.494 e. The van der Waals surface area contributed by atoms with Gasteiger partial charge in [0.15, 0.2) is 0 Å². The van der Waals surface area contributed by atoms with Gasteiger partial charge in [0.25, 0.3) is 0 Å². The molecule has 3 aromatic rings. The Labute approximate surface area is 163 Å². The molecule has 0 spiro atoms. The first-order valence-electron chi connectivity index (χ1n) is 9.28. The maximum absolute atomic E-state index is 12.1. The lowest BCUT2D eigenvalue weighted by molar-refractivity contribution is -0.121. The number of nitrogens with two attached hydrogens (primary N) is 1. The molecule has 1 heterocycles. The number of rotatable bonds is 9. The van der Waals surface area contributed by atoms with Crippen molar-refractivity contribution in [1.82, 2.24) is 15.5 Å². The minimum absolute atomic E-state index is 0.104. The molecule has 0 radical (unpaired) electrons. The molecular formula is C21H24N4O3. The van der Waals surface area contributed by atoms with E-state index < -0.39 is 0 Å². The molecule has 1 aromatic heterocycles. The Bertz CT molecular complexity index is 878. The van der Waals surface area contributed by atoms with Crippen LogP contribution in [0.5, 0.6) is 5.75 Å². The van der Waals surface area contributed by atoms with Crippen molar-refractivity contribution >= 4 is 5.91 Å². The van der Waals surface area contributed by atoms with Crippen molar-refractivity contribution in [2.45, 2.75) is 25.8 Å². The van der Waals surface area contributed by atoms with Gasteiger partial charge < -0.3 is 20.3 Å². The summed E-state index contributed by atoms with van der Waals surface area (Å²) in [6.07, 6.45) is 0.628. The van der Waals surface area contributed by atoms with Crippen LogP contribution in [0.25, 0.3) is 11.4 Å². The lowest BCUT2D eigenvalue weighted by Crippen LogP contribution is -2.32. The number of aromatic nitrogens is 2. The SMILES string of the molecule is CCOc1ccc(-c2noc(CCC(=O)NCC(N)c3ccccc3)n2)cc1. The monoisotopic (exact) mass is 380 g/mol. The quantitative estimate of drug-likeness (QED) is 0.592. The summed E-state index contributed by atoms with van der Waals surface area (Å²) in [4.78, 5) is 16.4. The molecule has 7 nitrogen and oxygen atoms in total. The molecule has 7 heteroatoms. The Morgan fingerprint density at radius 2 is 1.93 bits per heavy atom. The van der Waals surface area contributed by atoms with Gasteiger partial charge in [-0.25, -0.2) is 0 Å². The number of aryl methyl sites for hydroxylation is 1. The van der Waals surface area contributed by atoms with E-state index in [4.69, 9.17) is 15.0 Å². The van der Waals surface area contributed by atoms with Gasteiger partial charge in [-0.2, -0.15) is 4.98 Å². The van der Waals surface area contributed by atoms with Gasteiger partial charge in [0.1, 0.15) is 5.75 Å². The van der Waals surface area contributed by atoms with Crippen LogP contribution in [0.15, 0.2) is 59.1 Å². The lowest BCUT2D eigenvalue weighted by Gasteiger charge is -2.12. The zero-order valence-electron chi connectivity index (χ0n) is 15.8. The third-order valence-electron chi connectivity index (χ3n) is 4.20. The number of ether oxygens (including phenoxy) is 1. The van der Waals surface area contributed by atoms with E-state index in [-0.39, 0.29) is 18.4 Å². The molecule has 3 N–H and O–H groups in total. The fourth-order valence-electron chi connectivity index (χ4n) is 2.69. The second kappa shape index (κ2) is 9.66. The fraction of sp³-hybridized carbons (Fsp3) is 0.286. The summed E-state index contributed by atoms with van der Waals surface area (Å²) < 4.78 is 10.7. The highest BCUT2D eigenvalue weighted by Crippen LogP contribution is 2.20. The normalized spacial score (nSPS) is 11.8. The van der Waals surface area contributed by atoms with Crippen LogP contribution in [-0.4, -0.2) is 29.2 Å². The van der Waals surface area contributed by atoms with Crippen LogP contribution < -0.4 is 15.8 Å². The number of nitrogens with zero attached hydrogens (tertiary/aromatic N) is 2. The van der Waals surface area contributed by atoms with Crippen LogP contribution in [0.2, 0.25) is 0 Å². The Kier molecular flexibility index (Phi) is 6.75. The van der Waals surface area contributed by atoms with Gasteiger partial charge in [-0.15, -0.1) is 0 Å². The second-order valence-electron chi connectivity index (χ2n) is 6.29. The summed E-state index contributed by atoms with van der Waals surface area (Å²) in [5.74, 6) is 1.60. The molecule has 28 heavy (non-hydrogen) atoms. The van der Waals surface area contributed by atoms with Crippen molar-refractivity contribution in [3.63, 3.8) is 0 Å². The predicted octanol–water partition coefficient (Wildman–Crippen LogP) is 2.88. The molecule has 0 fully saturated rings. The zero-order chi connectivity index (χ0) is 19.8. The van der Waals surface area contributed by atoms with Crippen LogP contribution in [0, 0.1) is 0 Å². The van der Waals surface area contributed by atoms with Gasteiger partial charge in [-0.05, 0) is 36.8 Å². The highest BCUT2D eigenvalue weighted by Gasteiger charge is 2.12. The molecule has 1 amide bonds. The molecule has 0 aliphatic rings. The number of carbonyl (C=O) groups excluding carboxylic acids is 1. The average Bonchev–Trinajstić information content (AvgIpc) is 3.21. The molecule has 0 saturated heterocycles. The maximum atomic E-state index is 12.1. The van der Waals surface area contributed by atoms with E-state index in [0.29, 0.717) is 31.3 Å². The Balaban J connectivity index is 1.46. The van der Waals surface area contributed by atoms with E-state index in [0.717, 1.165) is 16.9 Å². The summed E-state index contributed by atoms with van der Waals surface area (Å²) >= 11 is 0. The standard InChI is InChI=1S/C21H24N4O3/c1-2-27-17-10-8-16(9-11-17)21-24-20(28-25-21)13-12-19(26)23-14-18(22)15-6-4-3-5-7-15/h3-11,18H,2,12-14,22H2,1H3,(H,23,26). The van der Waals surface area contributed by atoms with E-state index in [2.05, 4.69) is 15.5 Å². The molecule has 0 bridgehead atoms. The highest BCUT2D eigenvalue weighted by atomic mass is 16.5. The van der Waals surface area contributed by atoms with E-state index in [1.165, 1.54) is 0 Å². The van der Waals surface area contributed by atoms with Crippen LogP contribution >= 0.6 is 0 Å². The predicted molar refractivity (Wildman–Crippen MR) is 106 cm³/mol. The maximum Gasteiger partial charge on any atom is 0.227 e. The second-order valence-corrected chi connectivity index (χ2v) is 6.29. The summed E-state index contributed by atoms with van der Waals surface area (Å²) in [6, 6.07) is 16.9. The molecule has 146 valence electrons. The first kappa shape index (κ1) is 19.6.